The molecule has 2 heteroatoms. The quantitative estimate of drug-likeness (QED) is 0.0473. The predicted molar refractivity (Wildman–Crippen MR) is 172 cm³/mol. The van der Waals surface area contributed by atoms with Gasteiger partial charge in [-0.2, -0.15) is 12.6 Å². The van der Waals surface area contributed by atoms with Gasteiger partial charge in [0.25, 0.3) is 0 Å². The molecule has 0 heterocycles. The highest BCUT2D eigenvalue weighted by atomic mass is 35.5. The molecule has 0 aromatic heterocycles. The Balaban J connectivity index is 3.00. The van der Waals surface area contributed by atoms with Gasteiger partial charge in [-0.05, 0) is 18.6 Å². The van der Waals surface area contributed by atoms with Gasteiger partial charge < -0.3 is 0 Å². The van der Waals surface area contributed by atoms with Gasteiger partial charge >= 0.3 is 0 Å². The molecule has 36 heavy (non-hydrogen) atoms. The standard InChI is InChI=1S/C34H69ClS/c35-33-31-29-27-25-23-21-19-17-15-13-11-9-7-5-3-1-2-4-6-8-10-12-14-16-18-20-22-24-26-28-30-32-34-36/h36H,1-34H2. The van der Waals surface area contributed by atoms with E-state index in [1.807, 2.05) is 0 Å². The summed E-state index contributed by atoms with van der Waals surface area (Å²) in [5.41, 5.74) is 0. The van der Waals surface area contributed by atoms with E-state index in [4.69, 9.17) is 11.6 Å². The first kappa shape index (κ1) is 36.6. The summed E-state index contributed by atoms with van der Waals surface area (Å²) >= 11 is 10.0. The van der Waals surface area contributed by atoms with Gasteiger partial charge in [-0.15, -0.1) is 11.6 Å². The van der Waals surface area contributed by atoms with Crippen LogP contribution in [0.4, 0.5) is 0 Å². The molecule has 0 radical (unpaired) electrons. The average molecular weight is 545 g/mol. The van der Waals surface area contributed by atoms with Gasteiger partial charge in [0, 0.05) is 5.88 Å². The molecule has 0 aromatic carbocycles. The van der Waals surface area contributed by atoms with E-state index in [0.717, 1.165) is 11.6 Å². The minimum atomic E-state index is 0.846. The van der Waals surface area contributed by atoms with Gasteiger partial charge in [-0.1, -0.05) is 193 Å². The smallest absolute Gasteiger partial charge is 0.0223 e. The molecule has 0 unspecified atom stereocenters. The third-order valence-corrected chi connectivity index (χ3v) is 8.63. The van der Waals surface area contributed by atoms with Crippen molar-refractivity contribution in [2.75, 3.05) is 11.6 Å². The molecule has 0 aliphatic rings. The molecule has 218 valence electrons. The van der Waals surface area contributed by atoms with E-state index in [9.17, 15) is 0 Å². The minimum absolute atomic E-state index is 0.846. The maximum Gasteiger partial charge on any atom is 0.0223 e. The van der Waals surface area contributed by atoms with E-state index in [1.165, 1.54) is 205 Å². The molecule has 0 amide bonds. The van der Waals surface area contributed by atoms with Crippen molar-refractivity contribution in [1.29, 1.82) is 0 Å². The number of hydrogen-bond donors (Lipinski definition) is 1. The highest BCUT2D eigenvalue weighted by Crippen LogP contribution is 2.16. The van der Waals surface area contributed by atoms with Crippen molar-refractivity contribution in [3.05, 3.63) is 0 Å². The van der Waals surface area contributed by atoms with Crippen LogP contribution in [0.1, 0.15) is 205 Å². The fourth-order valence-electron chi connectivity index (χ4n) is 5.51. The lowest BCUT2D eigenvalue weighted by Crippen LogP contribution is -1.85. The summed E-state index contributed by atoms with van der Waals surface area (Å²) < 4.78 is 0. The fourth-order valence-corrected chi connectivity index (χ4v) is 5.92. The largest absolute Gasteiger partial charge is 0.179 e. The minimum Gasteiger partial charge on any atom is -0.179 e. The summed E-state index contributed by atoms with van der Waals surface area (Å²) in [5.74, 6) is 1.91. The van der Waals surface area contributed by atoms with E-state index in [1.54, 1.807) is 0 Å². The van der Waals surface area contributed by atoms with E-state index in [-0.39, 0.29) is 0 Å². The number of halogens is 1. The second kappa shape index (κ2) is 35.6. The lowest BCUT2D eigenvalue weighted by Gasteiger charge is -2.04. The molecular weight excluding hydrogens is 476 g/mol. The zero-order valence-corrected chi connectivity index (χ0v) is 26.5. The van der Waals surface area contributed by atoms with Gasteiger partial charge in [0.05, 0.1) is 0 Å². The van der Waals surface area contributed by atoms with Crippen LogP contribution in [0.5, 0.6) is 0 Å². The van der Waals surface area contributed by atoms with Gasteiger partial charge in [0.1, 0.15) is 0 Å². The highest BCUT2D eigenvalue weighted by Gasteiger charge is 1.97. The van der Waals surface area contributed by atoms with E-state index < -0.39 is 0 Å². The Labute approximate surface area is 240 Å². The monoisotopic (exact) mass is 544 g/mol. The maximum atomic E-state index is 5.72. The molecule has 0 fully saturated rings. The third kappa shape index (κ3) is 34.6. The van der Waals surface area contributed by atoms with Crippen LogP contribution in [0.2, 0.25) is 0 Å². The van der Waals surface area contributed by atoms with Crippen LogP contribution in [-0.2, 0) is 0 Å². The summed E-state index contributed by atoms with van der Waals surface area (Å²) in [6.07, 6.45) is 46.4. The second-order valence-electron chi connectivity index (χ2n) is 11.7. The number of thiol groups is 1. The lowest BCUT2D eigenvalue weighted by atomic mass is 10.0. The number of rotatable bonds is 33. The van der Waals surface area contributed by atoms with Crippen LogP contribution in [-0.4, -0.2) is 11.6 Å². The summed E-state index contributed by atoms with van der Waals surface area (Å²) in [6.45, 7) is 0. The summed E-state index contributed by atoms with van der Waals surface area (Å²) in [4.78, 5) is 0. The van der Waals surface area contributed by atoms with Crippen LogP contribution < -0.4 is 0 Å². The first-order chi connectivity index (χ1) is 17.9. The third-order valence-electron chi connectivity index (χ3n) is 8.04. The van der Waals surface area contributed by atoms with Crippen molar-refractivity contribution in [2.45, 2.75) is 205 Å². The molecule has 0 aromatic rings. The summed E-state index contributed by atoms with van der Waals surface area (Å²) in [7, 11) is 0. The molecule has 0 rings (SSSR count). The van der Waals surface area contributed by atoms with E-state index in [0.29, 0.717) is 0 Å². The Morgan fingerprint density at radius 3 is 0.500 bits per heavy atom. The van der Waals surface area contributed by atoms with Crippen molar-refractivity contribution in [3.8, 4) is 0 Å². The number of alkyl halides is 1. The molecule has 0 nitrogen and oxygen atoms in total. The molecule has 0 aliphatic heterocycles. The topological polar surface area (TPSA) is 0 Å². The van der Waals surface area contributed by atoms with E-state index in [2.05, 4.69) is 12.6 Å². The van der Waals surface area contributed by atoms with Gasteiger partial charge in [0.15, 0.2) is 0 Å². The predicted octanol–water partition coefficient (Wildman–Crippen LogP) is 13.6. The summed E-state index contributed by atoms with van der Waals surface area (Å²) in [6, 6.07) is 0. The normalized spacial score (nSPS) is 11.5. The Bertz CT molecular complexity index is 325. The SMILES string of the molecule is SCCCCCCCCCCCCCCCCCCCCCCCCCCCCCCCCCCCl. The van der Waals surface area contributed by atoms with Crippen molar-refractivity contribution in [3.63, 3.8) is 0 Å². The highest BCUT2D eigenvalue weighted by molar-refractivity contribution is 7.80. The lowest BCUT2D eigenvalue weighted by molar-refractivity contribution is 0.512. The molecule has 0 aliphatic carbocycles. The van der Waals surface area contributed by atoms with Gasteiger partial charge in [-0.3, -0.25) is 0 Å². The maximum absolute atomic E-state index is 5.72. The second-order valence-corrected chi connectivity index (χ2v) is 12.6. The van der Waals surface area contributed by atoms with Gasteiger partial charge in [0.2, 0.25) is 0 Å². The first-order valence-corrected chi connectivity index (χ1v) is 18.3. The Hall–Kier alpha value is 0.640. The Morgan fingerprint density at radius 1 is 0.222 bits per heavy atom. The number of hydrogen-bond acceptors (Lipinski definition) is 1. The average Bonchev–Trinajstić information content (AvgIpc) is 2.89. The van der Waals surface area contributed by atoms with Crippen molar-refractivity contribution < 1.29 is 0 Å². The molecule has 0 saturated carbocycles. The molecule has 0 atom stereocenters. The zero-order valence-electron chi connectivity index (χ0n) is 24.9. The van der Waals surface area contributed by atoms with E-state index >= 15 is 0 Å². The van der Waals surface area contributed by atoms with Crippen LogP contribution in [0.25, 0.3) is 0 Å². The zero-order chi connectivity index (χ0) is 26.0. The van der Waals surface area contributed by atoms with Crippen LogP contribution in [0.3, 0.4) is 0 Å². The van der Waals surface area contributed by atoms with Crippen molar-refractivity contribution in [1.82, 2.24) is 0 Å². The van der Waals surface area contributed by atoms with Crippen molar-refractivity contribution in [2.24, 2.45) is 0 Å². The Kier molecular flexibility index (Phi) is 36.3. The fraction of sp³-hybridized carbons (Fsp3) is 1.00. The number of unbranched alkanes of at least 4 members (excludes halogenated alkanes) is 31. The molecule has 0 bridgehead atoms. The molecule has 0 N–H and O–H groups in total. The van der Waals surface area contributed by atoms with Crippen LogP contribution in [0.15, 0.2) is 0 Å². The molecule has 0 spiro atoms. The summed E-state index contributed by atoms with van der Waals surface area (Å²) in [5, 5.41) is 0. The van der Waals surface area contributed by atoms with Gasteiger partial charge in [-0.25, -0.2) is 0 Å². The molecular formula is C34H69ClS. The molecule has 0 saturated heterocycles. The van der Waals surface area contributed by atoms with Crippen LogP contribution >= 0.6 is 24.2 Å². The van der Waals surface area contributed by atoms with Crippen LogP contribution in [0, 0.1) is 0 Å². The first-order valence-electron chi connectivity index (χ1n) is 17.1. The van der Waals surface area contributed by atoms with Crippen molar-refractivity contribution >= 4 is 24.2 Å². The Morgan fingerprint density at radius 2 is 0.361 bits per heavy atom.